The summed E-state index contributed by atoms with van der Waals surface area (Å²) in [6, 6.07) is 21.6. The number of benzene rings is 3. The van der Waals surface area contributed by atoms with Crippen molar-refractivity contribution in [3.8, 4) is 22.5 Å². The van der Waals surface area contributed by atoms with Gasteiger partial charge in [-0.15, -0.1) is 5.10 Å². The SMILES string of the molecule is CCCCc1nc2ccc(C(C)(C)O)cc2c(=O)n1Cc1ccc(-c2ccccc2-c2nnn[nH]2)cc1.[Na]. The van der Waals surface area contributed by atoms with Gasteiger partial charge in [-0.1, -0.05) is 67.9 Å². The molecule has 2 heterocycles. The molecule has 0 unspecified atom stereocenters. The van der Waals surface area contributed by atoms with Gasteiger partial charge in [0.1, 0.15) is 5.82 Å². The molecule has 5 aromatic rings. The van der Waals surface area contributed by atoms with Crippen molar-refractivity contribution in [2.45, 2.75) is 52.2 Å². The summed E-state index contributed by atoms with van der Waals surface area (Å²) in [4.78, 5) is 18.5. The van der Waals surface area contributed by atoms with E-state index in [0.29, 0.717) is 28.8 Å². The van der Waals surface area contributed by atoms with E-state index in [0.717, 1.165) is 47.3 Å². The summed E-state index contributed by atoms with van der Waals surface area (Å²) in [5, 5.41) is 25.3. The van der Waals surface area contributed by atoms with Crippen molar-refractivity contribution in [2.75, 3.05) is 0 Å². The van der Waals surface area contributed by atoms with Crippen molar-refractivity contribution in [3.63, 3.8) is 0 Å². The van der Waals surface area contributed by atoms with Gasteiger partial charge < -0.3 is 5.11 Å². The molecule has 9 heteroatoms. The minimum Gasteiger partial charge on any atom is -0.386 e. The third kappa shape index (κ3) is 5.78. The normalized spacial score (nSPS) is 11.5. The monoisotopic (exact) mass is 517 g/mol. The van der Waals surface area contributed by atoms with Crippen molar-refractivity contribution in [1.29, 1.82) is 0 Å². The van der Waals surface area contributed by atoms with Crippen LogP contribution in [0.5, 0.6) is 0 Å². The van der Waals surface area contributed by atoms with Gasteiger partial charge in [-0.3, -0.25) is 9.36 Å². The number of aliphatic hydroxyl groups is 1. The van der Waals surface area contributed by atoms with Crippen LogP contribution in [0.2, 0.25) is 0 Å². The van der Waals surface area contributed by atoms with Gasteiger partial charge in [0.25, 0.3) is 5.56 Å². The number of H-pyrrole nitrogens is 1. The van der Waals surface area contributed by atoms with Crippen LogP contribution in [0, 0.1) is 0 Å². The maximum absolute atomic E-state index is 13.7. The number of tetrazole rings is 1. The van der Waals surface area contributed by atoms with Gasteiger partial charge in [-0.2, -0.15) is 0 Å². The Morgan fingerprint density at radius 3 is 2.39 bits per heavy atom. The quantitative estimate of drug-likeness (QED) is 0.294. The molecule has 0 atom stereocenters. The smallest absolute Gasteiger partial charge is 0.261 e. The van der Waals surface area contributed by atoms with Crippen LogP contribution in [0.25, 0.3) is 33.4 Å². The second kappa shape index (κ2) is 11.7. The first-order valence-electron chi connectivity index (χ1n) is 12.5. The Kier molecular flexibility index (Phi) is 8.57. The summed E-state index contributed by atoms with van der Waals surface area (Å²) in [6.07, 6.45) is 2.69. The number of hydrogen-bond donors (Lipinski definition) is 2. The zero-order valence-electron chi connectivity index (χ0n) is 22.3. The molecule has 189 valence electrons. The van der Waals surface area contributed by atoms with Crippen LogP contribution in [-0.4, -0.2) is 64.8 Å². The van der Waals surface area contributed by atoms with E-state index in [4.69, 9.17) is 4.98 Å². The predicted octanol–water partition coefficient (Wildman–Crippen LogP) is 4.48. The number of aromatic nitrogens is 6. The fourth-order valence-electron chi connectivity index (χ4n) is 4.52. The zero-order chi connectivity index (χ0) is 26.0. The number of nitrogens with zero attached hydrogens (tertiary/aromatic N) is 5. The zero-order valence-corrected chi connectivity index (χ0v) is 24.3. The number of aromatic amines is 1. The Morgan fingerprint density at radius 1 is 1.00 bits per heavy atom. The third-order valence-corrected chi connectivity index (χ3v) is 6.63. The predicted molar refractivity (Wildman–Crippen MR) is 150 cm³/mol. The van der Waals surface area contributed by atoms with Gasteiger partial charge in [0.15, 0.2) is 5.82 Å². The number of hydrogen-bond acceptors (Lipinski definition) is 6. The van der Waals surface area contributed by atoms with E-state index in [-0.39, 0.29) is 35.1 Å². The molecule has 3 aromatic carbocycles. The molecule has 2 N–H and O–H groups in total. The van der Waals surface area contributed by atoms with E-state index in [2.05, 4.69) is 39.7 Å². The van der Waals surface area contributed by atoms with Crippen LogP contribution in [0.4, 0.5) is 0 Å². The Morgan fingerprint density at radius 2 is 1.74 bits per heavy atom. The molecule has 38 heavy (non-hydrogen) atoms. The first kappa shape index (κ1) is 27.9. The largest absolute Gasteiger partial charge is 0.386 e. The summed E-state index contributed by atoms with van der Waals surface area (Å²) in [7, 11) is 0. The van der Waals surface area contributed by atoms with Crippen LogP contribution in [0.3, 0.4) is 0 Å². The van der Waals surface area contributed by atoms with E-state index in [9.17, 15) is 9.90 Å². The summed E-state index contributed by atoms with van der Waals surface area (Å²) in [6.45, 7) is 5.98. The van der Waals surface area contributed by atoms with E-state index in [1.807, 2.05) is 48.5 Å². The van der Waals surface area contributed by atoms with Crippen molar-refractivity contribution in [3.05, 3.63) is 94.0 Å². The third-order valence-electron chi connectivity index (χ3n) is 6.63. The van der Waals surface area contributed by atoms with Crippen LogP contribution in [-0.2, 0) is 18.6 Å². The minimum absolute atomic E-state index is 0. The Labute approximate surface area is 243 Å². The van der Waals surface area contributed by atoms with Crippen LogP contribution in [0.1, 0.15) is 50.6 Å². The fourth-order valence-corrected chi connectivity index (χ4v) is 4.52. The van der Waals surface area contributed by atoms with Gasteiger partial charge in [0.05, 0.1) is 23.0 Å². The van der Waals surface area contributed by atoms with E-state index in [1.54, 1.807) is 24.5 Å². The molecule has 2 aromatic heterocycles. The van der Waals surface area contributed by atoms with E-state index in [1.165, 1.54) is 0 Å². The molecule has 0 aliphatic heterocycles. The van der Waals surface area contributed by atoms with Crippen LogP contribution >= 0.6 is 0 Å². The van der Waals surface area contributed by atoms with Crippen LogP contribution in [0.15, 0.2) is 71.5 Å². The Hall–Kier alpha value is -3.17. The number of rotatable bonds is 8. The average molecular weight is 518 g/mol. The van der Waals surface area contributed by atoms with Crippen molar-refractivity contribution < 1.29 is 5.11 Å². The number of aryl methyl sites for hydroxylation is 1. The molecule has 5 rings (SSSR count). The maximum Gasteiger partial charge on any atom is 0.261 e. The Balaban J connectivity index is 0.00000336. The molecule has 0 amide bonds. The first-order valence-corrected chi connectivity index (χ1v) is 12.5. The molecule has 0 saturated carbocycles. The second-order valence-electron chi connectivity index (χ2n) is 9.81. The average Bonchev–Trinajstić information content (AvgIpc) is 3.44. The summed E-state index contributed by atoms with van der Waals surface area (Å²) < 4.78 is 1.77. The summed E-state index contributed by atoms with van der Waals surface area (Å²) in [5.41, 5.74) is 4.18. The van der Waals surface area contributed by atoms with E-state index < -0.39 is 5.60 Å². The molecule has 8 nitrogen and oxygen atoms in total. The van der Waals surface area contributed by atoms with Crippen molar-refractivity contribution >= 4 is 40.5 Å². The number of unbranched alkanes of at least 4 members (excludes halogenated alkanes) is 1. The molecule has 0 aliphatic carbocycles. The minimum atomic E-state index is -1.04. The van der Waals surface area contributed by atoms with Gasteiger partial charge in [0, 0.05) is 41.5 Å². The standard InChI is InChI=1S/C29H30N6O2.Na/c1-4-5-10-26-30-25-16-15-21(29(2,3)37)17-24(25)28(36)35(26)18-19-11-13-20(14-12-19)22-8-6-7-9-23(22)27-31-33-34-32-27;/h6-9,11-17,37H,4-5,10,18H2,1-3H3,(H,31,32,33,34);. The molecular formula is C29H30N6NaO2. The molecular weight excluding hydrogens is 487 g/mol. The first-order chi connectivity index (χ1) is 17.8. The topological polar surface area (TPSA) is 110 Å². The van der Waals surface area contributed by atoms with Gasteiger partial charge in [0.2, 0.25) is 0 Å². The van der Waals surface area contributed by atoms with Gasteiger partial charge in [-0.05, 0) is 65.1 Å². The van der Waals surface area contributed by atoms with Crippen molar-refractivity contribution in [2.24, 2.45) is 0 Å². The van der Waals surface area contributed by atoms with Crippen molar-refractivity contribution in [1.82, 2.24) is 30.2 Å². The molecule has 0 aliphatic rings. The fraction of sp³-hybridized carbons (Fsp3) is 0.276. The summed E-state index contributed by atoms with van der Waals surface area (Å²) in [5.74, 6) is 1.39. The van der Waals surface area contributed by atoms with Crippen LogP contribution < -0.4 is 5.56 Å². The second-order valence-corrected chi connectivity index (χ2v) is 9.81. The Bertz CT molecular complexity index is 1590. The maximum atomic E-state index is 13.7. The molecule has 0 spiro atoms. The van der Waals surface area contributed by atoms with E-state index >= 15 is 0 Å². The van der Waals surface area contributed by atoms with Gasteiger partial charge >= 0.3 is 0 Å². The number of nitrogens with one attached hydrogen (secondary N) is 1. The van der Waals surface area contributed by atoms with Gasteiger partial charge in [-0.25, -0.2) is 10.1 Å². The number of fused-ring (bicyclic) bond motifs is 1. The molecule has 1 radical (unpaired) electrons. The molecule has 0 fully saturated rings. The molecule has 0 saturated heterocycles. The summed E-state index contributed by atoms with van der Waals surface area (Å²) >= 11 is 0. The molecule has 0 bridgehead atoms.